The molecule has 1 N–H and O–H groups in total. The summed E-state index contributed by atoms with van der Waals surface area (Å²) in [5.41, 5.74) is 2.72. The fourth-order valence-corrected chi connectivity index (χ4v) is 3.11. The van der Waals surface area contributed by atoms with Crippen molar-refractivity contribution < 1.29 is 9.53 Å². The molecule has 1 aromatic heterocycles. The number of hydrogen-bond donors (Lipinski definition) is 1. The average molecular weight is 403 g/mol. The van der Waals surface area contributed by atoms with Gasteiger partial charge in [0.1, 0.15) is 0 Å². The van der Waals surface area contributed by atoms with Gasteiger partial charge in [-0.15, -0.1) is 0 Å². The van der Waals surface area contributed by atoms with Gasteiger partial charge < -0.3 is 10.1 Å². The van der Waals surface area contributed by atoms with Gasteiger partial charge >= 0.3 is 5.97 Å². The van der Waals surface area contributed by atoms with Crippen LogP contribution in [0.2, 0.25) is 0 Å². The predicted octanol–water partition coefficient (Wildman–Crippen LogP) is 5.02. The zero-order chi connectivity index (χ0) is 17.6. The van der Waals surface area contributed by atoms with Crippen LogP contribution in [0.1, 0.15) is 48.2 Å². The van der Waals surface area contributed by atoms with Crippen molar-refractivity contribution >= 4 is 27.6 Å². The molecule has 0 radical (unpaired) electrons. The van der Waals surface area contributed by atoms with Gasteiger partial charge in [0.25, 0.3) is 0 Å². The van der Waals surface area contributed by atoms with Crippen molar-refractivity contribution in [2.45, 2.75) is 32.1 Å². The Balaban J connectivity index is 1.62. The smallest absolute Gasteiger partial charge is 0.338 e. The Kier molecular flexibility index (Phi) is 6.08. The second-order valence-electron chi connectivity index (χ2n) is 6.46. The van der Waals surface area contributed by atoms with Gasteiger partial charge in [0.2, 0.25) is 0 Å². The third-order valence-corrected chi connectivity index (χ3v) is 4.90. The standard InChI is InChI=1S/C20H23BrN2O2/c1-2-25-20(24)15-5-8-18(9-6-15)22-12-16(11-14-3-4-14)19-10-7-17(21)13-23-19/h5-10,13-14,16,22H,2-4,11-12H2,1H3. The summed E-state index contributed by atoms with van der Waals surface area (Å²) in [6.07, 6.45) is 5.70. The number of carbonyl (C=O) groups excluding carboxylic acids is 1. The molecule has 2 aromatic rings. The van der Waals surface area contributed by atoms with E-state index in [2.05, 4.69) is 38.4 Å². The molecule has 1 saturated carbocycles. The Morgan fingerprint density at radius 3 is 2.64 bits per heavy atom. The van der Waals surface area contributed by atoms with Crippen molar-refractivity contribution in [1.29, 1.82) is 0 Å². The van der Waals surface area contributed by atoms with Gasteiger partial charge in [0, 0.05) is 34.5 Å². The zero-order valence-corrected chi connectivity index (χ0v) is 16.0. The summed E-state index contributed by atoms with van der Waals surface area (Å²) in [5.74, 6) is 0.952. The molecule has 25 heavy (non-hydrogen) atoms. The van der Waals surface area contributed by atoms with Crippen LogP contribution >= 0.6 is 15.9 Å². The van der Waals surface area contributed by atoms with Crippen molar-refractivity contribution in [1.82, 2.24) is 4.98 Å². The monoisotopic (exact) mass is 402 g/mol. The Hall–Kier alpha value is -1.88. The summed E-state index contributed by atoms with van der Waals surface area (Å²) in [6.45, 7) is 3.04. The third kappa shape index (κ3) is 5.30. The highest BCUT2D eigenvalue weighted by Gasteiger charge is 2.26. The van der Waals surface area contributed by atoms with Gasteiger partial charge in [-0.1, -0.05) is 12.8 Å². The minimum atomic E-state index is -0.278. The number of rotatable bonds is 8. The lowest BCUT2D eigenvalue weighted by Gasteiger charge is -2.18. The van der Waals surface area contributed by atoms with E-state index in [1.165, 1.54) is 19.3 Å². The number of halogens is 1. The van der Waals surface area contributed by atoms with Gasteiger partial charge in [-0.3, -0.25) is 4.98 Å². The fraction of sp³-hybridized carbons (Fsp3) is 0.400. The van der Waals surface area contributed by atoms with Crippen LogP contribution in [0, 0.1) is 5.92 Å². The summed E-state index contributed by atoms with van der Waals surface area (Å²) in [5, 5.41) is 3.49. The maximum absolute atomic E-state index is 11.7. The molecule has 132 valence electrons. The number of nitrogens with one attached hydrogen (secondary N) is 1. The highest BCUT2D eigenvalue weighted by Crippen LogP contribution is 2.38. The molecular formula is C20H23BrN2O2. The number of carbonyl (C=O) groups is 1. The normalized spacial score (nSPS) is 14.8. The van der Waals surface area contributed by atoms with Crippen LogP contribution in [0.25, 0.3) is 0 Å². The van der Waals surface area contributed by atoms with Gasteiger partial charge in [0.05, 0.1) is 12.2 Å². The lowest BCUT2D eigenvalue weighted by Crippen LogP contribution is -2.15. The van der Waals surface area contributed by atoms with Gasteiger partial charge in [-0.25, -0.2) is 4.79 Å². The molecule has 0 bridgehead atoms. The number of benzene rings is 1. The molecule has 1 aliphatic carbocycles. The number of hydrogen-bond acceptors (Lipinski definition) is 4. The van der Waals surface area contributed by atoms with E-state index >= 15 is 0 Å². The quantitative estimate of drug-likeness (QED) is 0.629. The summed E-state index contributed by atoms with van der Waals surface area (Å²) >= 11 is 3.45. The molecule has 1 heterocycles. The van der Waals surface area contributed by atoms with Crippen molar-refractivity contribution in [2.24, 2.45) is 5.92 Å². The highest BCUT2D eigenvalue weighted by molar-refractivity contribution is 9.10. The number of pyridine rings is 1. The number of esters is 1. The topological polar surface area (TPSA) is 51.2 Å². The van der Waals surface area contributed by atoms with Crippen molar-refractivity contribution in [3.05, 3.63) is 58.3 Å². The number of ether oxygens (including phenoxy) is 1. The average Bonchev–Trinajstić information content (AvgIpc) is 3.44. The molecule has 1 aliphatic rings. The lowest BCUT2D eigenvalue weighted by atomic mass is 9.97. The lowest BCUT2D eigenvalue weighted by molar-refractivity contribution is 0.0526. The first-order valence-electron chi connectivity index (χ1n) is 8.78. The molecule has 1 unspecified atom stereocenters. The van der Waals surface area contributed by atoms with Gasteiger partial charge in [0.15, 0.2) is 0 Å². The number of aromatic nitrogens is 1. The highest BCUT2D eigenvalue weighted by atomic mass is 79.9. The van der Waals surface area contributed by atoms with E-state index in [4.69, 9.17) is 4.74 Å². The van der Waals surface area contributed by atoms with Crippen molar-refractivity contribution in [3.8, 4) is 0 Å². The Labute approximate surface area is 157 Å². The number of nitrogens with zero attached hydrogens (tertiary/aromatic N) is 1. The van der Waals surface area contributed by atoms with Crippen LogP contribution in [0.3, 0.4) is 0 Å². The van der Waals surface area contributed by atoms with Crippen LogP contribution in [0.15, 0.2) is 47.1 Å². The second kappa shape index (κ2) is 8.48. The van der Waals surface area contributed by atoms with E-state index in [0.717, 1.165) is 28.3 Å². The maximum atomic E-state index is 11.7. The number of anilines is 1. The molecule has 4 nitrogen and oxygen atoms in total. The van der Waals surface area contributed by atoms with Crippen molar-refractivity contribution in [3.63, 3.8) is 0 Å². The first-order chi connectivity index (χ1) is 12.2. The van der Waals surface area contributed by atoms with E-state index in [1.807, 2.05) is 25.3 Å². The summed E-state index contributed by atoms with van der Waals surface area (Å²) in [6, 6.07) is 11.6. The minimum absolute atomic E-state index is 0.278. The van der Waals surface area contributed by atoms with Crippen LogP contribution < -0.4 is 5.32 Å². The van der Waals surface area contributed by atoms with Crippen molar-refractivity contribution in [2.75, 3.05) is 18.5 Å². The summed E-state index contributed by atoms with van der Waals surface area (Å²) in [4.78, 5) is 16.3. The molecule has 0 amide bonds. The molecule has 1 atom stereocenters. The predicted molar refractivity (Wildman–Crippen MR) is 103 cm³/mol. The van der Waals surface area contributed by atoms with Gasteiger partial charge in [-0.2, -0.15) is 0 Å². The largest absolute Gasteiger partial charge is 0.462 e. The molecule has 0 spiro atoms. The Morgan fingerprint density at radius 2 is 2.04 bits per heavy atom. The summed E-state index contributed by atoms with van der Waals surface area (Å²) < 4.78 is 6.02. The molecule has 3 rings (SSSR count). The van der Waals surface area contributed by atoms with E-state index in [-0.39, 0.29) is 5.97 Å². The van der Waals surface area contributed by atoms with E-state index < -0.39 is 0 Å². The van der Waals surface area contributed by atoms with Crippen LogP contribution in [0.5, 0.6) is 0 Å². The van der Waals surface area contributed by atoms with E-state index in [0.29, 0.717) is 18.1 Å². The second-order valence-corrected chi connectivity index (χ2v) is 7.37. The maximum Gasteiger partial charge on any atom is 0.338 e. The van der Waals surface area contributed by atoms with E-state index in [9.17, 15) is 4.79 Å². The Bertz CT molecular complexity index is 697. The molecule has 0 saturated heterocycles. The summed E-state index contributed by atoms with van der Waals surface area (Å²) in [7, 11) is 0. The Morgan fingerprint density at radius 1 is 1.28 bits per heavy atom. The minimum Gasteiger partial charge on any atom is -0.462 e. The van der Waals surface area contributed by atoms with Crippen LogP contribution in [-0.2, 0) is 4.74 Å². The van der Waals surface area contributed by atoms with E-state index in [1.54, 1.807) is 12.1 Å². The SMILES string of the molecule is CCOC(=O)c1ccc(NCC(CC2CC2)c2ccc(Br)cn2)cc1. The van der Waals surface area contributed by atoms with Gasteiger partial charge in [-0.05, 0) is 71.6 Å². The third-order valence-electron chi connectivity index (χ3n) is 4.43. The molecular weight excluding hydrogens is 380 g/mol. The molecule has 0 aliphatic heterocycles. The molecule has 1 fully saturated rings. The fourth-order valence-electron chi connectivity index (χ4n) is 2.87. The molecule has 1 aromatic carbocycles. The zero-order valence-electron chi connectivity index (χ0n) is 14.4. The first-order valence-corrected chi connectivity index (χ1v) is 9.57. The van der Waals surface area contributed by atoms with Crippen LogP contribution in [-0.4, -0.2) is 24.1 Å². The first kappa shape index (κ1) is 17.9. The molecule has 5 heteroatoms. The van der Waals surface area contributed by atoms with Crippen LogP contribution in [0.4, 0.5) is 5.69 Å².